The molecule has 2 aromatic heterocycles. The van der Waals surface area contributed by atoms with Crippen molar-refractivity contribution in [3.05, 3.63) is 151 Å². The Morgan fingerprint density at radius 2 is 0.951 bits per heavy atom. The normalized spacial score (nSPS) is 16.8. The average molecular weight is 772 g/mol. The van der Waals surface area contributed by atoms with Crippen molar-refractivity contribution in [2.24, 2.45) is 0 Å². The molecule has 6 aromatic rings. The molecule has 0 spiro atoms. The minimum absolute atomic E-state index is 0. The van der Waals surface area contributed by atoms with E-state index < -0.39 is 22.9 Å². The first-order chi connectivity index (χ1) is 19.1. The van der Waals surface area contributed by atoms with E-state index in [0.717, 1.165) is 0 Å². The number of hydrogen-bond acceptors (Lipinski definition) is 2. The Labute approximate surface area is 273 Å². The van der Waals surface area contributed by atoms with E-state index in [2.05, 4.69) is 123 Å². The van der Waals surface area contributed by atoms with Crippen LogP contribution < -0.4 is 24.8 Å². The molecular formula is C36H26Cl2HfS2. The van der Waals surface area contributed by atoms with Crippen LogP contribution in [0, 0.1) is 13.8 Å². The van der Waals surface area contributed by atoms with E-state index in [-0.39, 0.29) is 24.8 Å². The summed E-state index contributed by atoms with van der Waals surface area (Å²) in [7, 11) is 0. The Morgan fingerprint density at radius 1 is 0.512 bits per heavy atom. The van der Waals surface area contributed by atoms with Crippen LogP contribution >= 0.6 is 22.7 Å². The zero-order valence-electron chi connectivity index (χ0n) is 22.6. The number of hydrogen-bond donors (Lipinski definition) is 0. The average Bonchev–Trinajstić information content (AvgIpc) is 3.74. The number of benzene rings is 4. The van der Waals surface area contributed by atoms with Crippen molar-refractivity contribution in [3.8, 4) is 0 Å². The summed E-state index contributed by atoms with van der Waals surface area (Å²) in [5.74, 6) is 0. The van der Waals surface area contributed by atoms with Crippen LogP contribution in [0.25, 0.3) is 32.7 Å². The first kappa shape index (κ1) is 28.8. The SMILES string of the molecule is Cc1ccc(C2=C[CH]([Hf+2][CH]3C=C(c4ccc(C)s4)c4c3ccc3ccccc43)c3ccc4ccccc4c32)s1.[Cl-].[Cl-]. The second-order valence-electron chi connectivity index (χ2n) is 10.6. The van der Waals surface area contributed by atoms with Crippen molar-refractivity contribution in [3.63, 3.8) is 0 Å². The molecule has 200 valence electrons. The van der Waals surface area contributed by atoms with E-state index in [1.807, 2.05) is 22.7 Å². The summed E-state index contributed by atoms with van der Waals surface area (Å²) in [4.78, 5) is 5.60. The van der Waals surface area contributed by atoms with Crippen LogP contribution in [-0.2, 0) is 22.9 Å². The van der Waals surface area contributed by atoms with Gasteiger partial charge in [-0.2, -0.15) is 0 Å². The second kappa shape index (κ2) is 11.4. The molecule has 41 heavy (non-hydrogen) atoms. The maximum atomic E-state index is 2.66. The maximum absolute atomic E-state index is 2.66. The van der Waals surface area contributed by atoms with Crippen LogP contribution in [0.15, 0.2) is 109 Å². The van der Waals surface area contributed by atoms with Gasteiger partial charge in [-0.3, -0.25) is 0 Å². The third kappa shape index (κ3) is 4.84. The zero-order chi connectivity index (χ0) is 26.1. The molecule has 2 unspecified atom stereocenters. The summed E-state index contributed by atoms with van der Waals surface area (Å²) in [6.45, 7) is 4.45. The zero-order valence-corrected chi connectivity index (χ0v) is 29.4. The van der Waals surface area contributed by atoms with E-state index in [0.29, 0.717) is 7.35 Å². The Morgan fingerprint density at radius 3 is 1.37 bits per heavy atom. The number of thiophene rings is 2. The van der Waals surface area contributed by atoms with E-state index in [1.54, 1.807) is 11.1 Å². The standard InChI is InChI=1S/2C18H13S.2ClH.Hf/c2*1-12-6-11-17(19-12)16-10-9-14-8-7-13-4-2-3-5-15(13)18(14)16;;;/h2*2-11H,1H3;2*1H;/q;;;;+2/p-2. The largest absolute Gasteiger partial charge is 1.00 e. The van der Waals surface area contributed by atoms with Crippen LogP contribution in [0.5, 0.6) is 0 Å². The Bertz CT molecular complexity index is 1850. The fraction of sp³-hybridized carbons (Fsp3) is 0.111. The van der Waals surface area contributed by atoms with Crippen molar-refractivity contribution in [1.82, 2.24) is 0 Å². The monoisotopic (exact) mass is 772 g/mol. The van der Waals surface area contributed by atoms with Gasteiger partial charge in [-0.1, -0.05) is 0 Å². The molecule has 0 aliphatic heterocycles. The van der Waals surface area contributed by atoms with E-state index >= 15 is 0 Å². The molecule has 0 saturated carbocycles. The second-order valence-corrected chi connectivity index (χ2v) is 18.8. The minimum atomic E-state index is -1.26. The summed E-state index contributed by atoms with van der Waals surface area (Å²) in [6, 6.07) is 36.7. The van der Waals surface area contributed by atoms with Gasteiger partial charge in [0.05, 0.1) is 0 Å². The summed E-state index contributed by atoms with van der Waals surface area (Å²) in [6.07, 6.45) is 5.32. The van der Waals surface area contributed by atoms with Crippen molar-refractivity contribution < 1.29 is 47.7 Å². The molecule has 2 atom stereocenters. The summed E-state index contributed by atoms with van der Waals surface area (Å²) in [5.41, 5.74) is 9.03. The molecule has 0 saturated heterocycles. The van der Waals surface area contributed by atoms with Gasteiger partial charge < -0.3 is 24.8 Å². The topological polar surface area (TPSA) is 0 Å². The maximum Gasteiger partial charge on any atom is -1.00 e. The number of allylic oxidation sites excluding steroid dienone is 2. The van der Waals surface area contributed by atoms with Gasteiger partial charge in [0.2, 0.25) is 0 Å². The predicted molar refractivity (Wildman–Crippen MR) is 166 cm³/mol. The van der Waals surface area contributed by atoms with E-state index in [9.17, 15) is 0 Å². The number of rotatable bonds is 4. The van der Waals surface area contributed by atoms with Gasteiger partial charge in [0.15, 0.2) is 0 Å². The predicted octanol–water partition coefficient (Wildman–Crippen LogP) is 4.50. The molecule has 0 nitrogen and oxygen atoms in total. The first-order valence-electron chi connectivity index (χ1n) is 13.5. The van der Waals surface area contributed by atoms with Crippen LogP contribution in [0.3, 0.4) is 0 Å². The van der Waals surface area contributed by atoms with Crippen LogP contribution in [0.2, 0.25) is 0 Å². The molecule has 0 bridgehead atoms. The molecule has 0 radical (unpaired) electrons. The van der Waals surface area contributed by atoms with E-state index in [4.69, 9.17) is 0 Å². The Balaban J connectivity index is 0.00000151. The van der Waals surface area contributed by atoms with Gasteiger partial charge in [-0.05, 0) is 0 Å². The molecule has 0 fully saturated rings. The third-order valence-corrected chi connectivity index (χ3v) is 16.2. The summed E-state index contributed by atoms with van der Waals surface area (Å²) < 4.78 is 1.15. The Kier molecular flexibility index (Phi) is 8.04. The molecular weight excluding hydrogens is 746 g/mol. The fourth-order valence-corrected chi connectivity index (χ4v) is 14.5. The van der Waals surface area contributed by atoms with Crippen molar-refractivity contribution in [2.75, 3.05) is 0 Å². The number of fused-ring (bicyclic) bond motifs is 6. The van der Waals surface area contributed by atoms with Gasteiger partial charge in [-0.15, -0.1) is 0 Å². The molecule has 0 amide bonds. The van der Waals surface area contributed by atoms with Crippen LogP contribution in [-0.4, -0.2) is 0 Å². The minimum Gasteiger partial charge on any atom is -1.00 e. The van der Waals surface area contributed by atoms with Gasteiger partial charge in [0, 0.05) is 0 Å². The number of aryl methyl sites for hydroxylation is 2. The summed E-state index contributed by atoms with van der Waals surface area (Å²) in [5, 5.41) is 5.50. The first-order valence-corrected chi connectivity index (χ1v) is 19.3. The molecule has 8 rings (SSSR count). The van der Waals surface area contributed by atoms with E-state index in [1.165, 1.54) is 63.3 Å². The number of halogens is 2. The fourth-order valence-electron chi connectivity index (χ4n) is 6.41. The van der Waals surface area contributed by atoms with Gasteiger partial charge >= 0.3 is 250 Å². The van der Waals surface area contributed by atoms with Crippen molar-refractivity contribution >= 4 is 55.4 Å². The molecule has 2 aliphatic rings. The van der Waals surface area contributed by atoms with Crippen molar-refractivity contribution in [1.29, 1.82) is 0 Å². The van der Waals surface area contributed by atoms with Gasteiger partial charge in [0.1, 0.15) is 0 Å². The van der Waals surface area contributed by atoms with Crippen LogP contribution in [0.4, 0.5) is 0 Å². The smallest absolute Gasteiger partial charge is 1.00 e. The molecule has 5 heteroatoms. The Hall–Kier alpha value is -2.27. The van der Waals surface area contributed by atoms with Crippen molar-refractivity contribution in [2.45, 2.75) is 21.2 Å². The van der Waals surface area contributed by atoms with Gasteiger partial charge in [0.25, 0.3) is 0 Å². The molecule has 0 N–H and O–H groups in total. The molecule has 2 heterocycles. The summed E-state index contributed by atoms with van der Waals surface area (Å²) >= 11 is 2.61. The molecule has 2 aliphatic carbocycles. The third-order valence-electron chi connectivity index (χ3n) is 8.17. The molecule has 4 aromatic carbocycles. The quantitative estimate of drug-likeness (QED) is 0.232. The van der Waals surface area contributed by atoms with Gasteiger partial charge in [-0.25, -0.2) is 0 Å². The van der Waals surface area contributed by atoms with Crippen LogP contribution in [0.1, 0.15) is 49.1 Å².